The molecule has 3 aromatic rings. The van der Waals surface area contributed by atoms with E-state index in [9.17, 15) is 22.0 Å². The van der Waals surface area contributed by atoms with Crippen LogP contribution in [0.25, 0.3) is 0 Å². The predicted molar refractivity (Wildman–Crippen MR) is 109 cm³/mol. The third-order valence-corrected chi connectivity index (χ3v) is 5.79. The monoisotopic (exact) mass is 446 g/mol. The van der Waals surface area contributed by atoms with Crippen LogP contribution in [0.15, 0.2) is 71.6 Å². The third kappa shape index (κ3) is 4.58. The average molecular weight is 446 g/mol. The number of carbonyl (C=O) groups excluding carboxylic acids is 1. The van der Waals surface area contributed by atoms with E-state index in [2.05, 4.69) is 10.0 Å². The van der Waals surface area contributed by atoms with Gasteiger partial charge < -0.3 is 14.8 Å². The second-order valence-electron chi connectivity index (χ2n) is 6.61. The molecule has 7 nitrogen and oxygen atoms in total. The van der Waals surface area contributed by atoms with E-state index in [4.69, 9.17) is 9.47 Å². The molecule has 0 unspecified atom stereocenters. The molecule has 0 spiro atoms. The molecule has 31 heavy (non-hydrogen) atoms. The van der Waals surface area contributed by atoms with Crippen molar-refractivity contribution in [2.75, 3.05) is 16.6 Å². The second kappa shape index (κ2) is 8.23. The lowest BCUT2D eigenvalue weighted by molar-refractivity contribution is -0.125. The van der Waals surface area contributed by atoms with Gasteiger partial charge in [0.05, 0.1) is 4.90 Å². The molecule has 2 N–H and O–H groups in total. The summed E-state index contributed by atoms with van der Waals surface area (Å²) in [5.74, 6) is -1.81. The smallest absolute Gasteiger partial charge is 0.269 e. The zero-order valence-electron chi connectivity index (χ0n) is 15.8. The van der Waals surface area contributed by atoms with Crippen molar-refractivity contribution >= 4 is 27.3 Å². The van der Waals surface area contributed by atoms with E-state index in [-0.39, 0.29) is 12.3 Å². The molecule has 160 valence electrons. The summed E-state index contributed by atoms with van der Waals surface area (Å²) >= 11 is 0. The number of nitrogens with one attached hydrogen (secondary N) is 2. The highest BCUT2D eigenvalue weighted by molar-refractivity contribution is 7.92. The van der Waals surface area contributed by atoms with Gasteiger partial charge in [-0.3, -0.25) is 9.52 Å². The van der Waals surface area contributed by atoms with Crippen LogP contribution in [0.1, 0.15) is 0 Å². The summed E-state index contributed by atoms with van der Waals surface area (Å²) in [6, 6.07) is 15.1. The van der Waals surface area contributed by atoms with Gasteiger partial charge in [0.15, 0.2) is 23.1 Å². The fraction of sp³-hybridized carbons (Fsp3) is 0.0952. The minimum atomic E-state index is -4.11. The average Bonchev–Trinajstić information content (AvgIpc) is 2.76. The molecular weight excluding hydrogens is 430 g/mol. The Morgan fingerprint density at radius 1 is 0.903 bits per heavy atom. The topological polar surface area (TPSA) is 93.7 Å². The molecule has 0 saturated carbocycles. The van der Waals surface area contributed by atoms with E-state index < -0.39 is 38.6 Å². The van der Waals surface area contributed by atoms with Crippen molar-refractivity contribution in [3.8, 4) is 11.5 Å². The molecule has 0 aromatic heterocycles. The van der Waals surface area contributed by atoms with Gasteiger partial charge >= 0.3 is 0 Å². The van der Waals surface area contributed by atoms with Crippen molar-refractivity contribution in [3.63, 3.8) is 0 Å². The van der Waals surface area contributed by atoms with Crippen molar-refractivity contribution in [2.24, 2.45) is 0 Å². The van der Waals surface area contributed by atoms with Crippen LogP contribution in [0.5, 0.6) is 11.5 Å². The van der Waals surface area contributed by atoms with E-state index in [1.807, 2.05) is 0 Å². The van der Waals surface area contributed by atoms with Crippen LogP contribution >= 0.6 is 0 Å². The Hall–Kier alpha value is -3.66. The molecule has 0 bridgehead atoms. The van der Waals surface area contributed by atoms with Crippen LogP contribution in [0.3, 0.4) is 0 Å². The predicted octanol–water partition coefficient (Wildman–Crippen LogP) is 3.54. The molecule has 10 heteroatoms. The van der Waals surface area contributed by atoms with Gasteiger partial charge in [0.25, 0.3) is 15.9 Å². The van der Waals surface area contributed by atoms with E-state index in [1.165, 1.54) is 24.3 Å². The minimum Gasteiger partial charge on any atom is -0.485 e. The maximum absolute atomic E-state index is 13.3. The van der Waals surface area contributed by atoms with E-state index in [1.54, 1.807) is 24.3 Å². The number of halogens is 2. The summed E-state index contributed by atoms with van der Waals surface area (Å²) in [6.07, 6.45) is -0.846. The van der Waals surface area contributed by atoms with Gasteiger partial charge in [-0.1, -0.05) is 12.1 Å². The molecule has 1 aliphatic heterocycles. The second-order valence-corrected chi connectivity index (χ2v) is 8.29. The Bertz CT molecular complexity index is 1230. The summed E-state index contributed by atoms with van der Waals surface area (Å²) < 4.78 is 64.4. The van der Waals surface area contributed by atoms with Crippen molar-refractivity contribution < 1.29 is 31.5 Å². The van der Waals surface area contributed by atoms with Crippen LogP contribution < -0.4 is 19.5 Å². The number of carbonyl (C=O) groups is 1. The Balaban J connectivity index is 1.40. The first-order valence-corrected chi connectivity index (χ1v) is 10.6. The fourth-order valence-corrected chi connectivity index (χ4v) is 3.92. The number of para-hydroxylation sites is 2. The third-order valence-electron chi connectivity index (χ3n) is 4.41. The van der Waals surface area contributed by atoms with Crippen LogP contribution in [-0.4, -0.2) is 27.0 Å². The van der Waals surface area contributed by atoms with Crippen LogP contribution in [0.4, 0.5) is 20.2 Å². The lowest BCUT2D eigenvalue weighted by Gasteiger charge is -2.25. The number of hydrogen-bond acceptors (Lipinski definition) is 5. The van der Waals surface area contributed by atoms with Crippen LogP contribution in [-0.2, 0) is 14.8 Å². The summed E-state index contributed by atoms with van der Waals surface area (Å²) in [4.78, 5) is 12.0. The molecule has 0 saturated heterocycles. The number of rotatable bonds is 5. The molecule has 1 heterocycles. The molecule has 1 atom stereocenters. The van der Waals surface area contributed by atoms with Crippen molar-refractivity contribution in [1.29, 1.82) is 0 Å². The number of ether oxygens (including phenoxy) is 2. The number of fused-ring (bicyclic) bond motifs is 1. The van der Waals surface area contributed by atoms with Gasteiger partial charge in [0, 0.05) is 11.4 Å². The normalized spacial score (nSPS) is 15.2. The summed E-state index contributed by atoms with van der Waals surface area (Å²) in [6.45, 7) is 0.0506. The van der Waals surface area contributed by atoms with E-state index in [0.29, 0.717) is 23.3 Å². The molecule has 3 aromatic carbocycles. The lowest BCUT2D eigenvalue weighted by atomic mass is 10.2. The summed E-state index contributed by atoms with van der Waals surface area (Å²) in [7, 11) is -4.11. The number of anilines is 2. The number of benzene rings is 3. The van der Waals surface area contributed by atoms with Crippen LogP contribution in [0.2, 0.25) is 0 Å². The number of hydrogen-bond donors (Lipinski definition) is 2. The lowest BCUT2D eigenvalue weighted by Crippen LogP contribution is -2.40. The largest absolute Gasteiger partial charge is 0.485 e. The number of amides is 1. The number of sulfonamides is 1. The Morgan fingerprint density at radius 2 is 1.58 bits per heavy atom. The standard InChI is InChI=1S/C21H16F2N2O5S/c22-16-10-9-15(11-17(16)23)31(27,28)25-14-7-5-13(6-8-14)24-21(26)20-12-29-18-3-1-2-4-19(18)30-20/h1-11,20,25H,12H2,(H,24,26)/t20-/m0/s1. The van der Waals surface area contributed by atoms with Crippen molar-refractivity contribution in [3.05, 3.63) is 78.4 Å². The zero-order valence-corrected chi connectivity index (χ0v) is 16.7. The van der Waals surface area contributed by atoms with Gasteiger partial charge in [-0.2, -0.15) is 0 Å². The Kier molecular flexibility index (Phi) is 5.47. The van der Waals surface area contributed by atoms with Crippen molar-refractivity contribution in [2.45, 2.75) is 11.0 Å². The van der Waals surface area contributed by atoms with Gasteiger partial charge in [0.2, 0.25) is 6.10 Å². The molecule has 1 aliphatic rings. The van der Waals surface area contributed by atoms with E-state index in [0.717, 1.165) is 12.1 Å². The summed E-state index contributed by atoms with van der Waals surface area (Å²) in [5.41, 5.74) is 0.581. The molecule has 0 radical (unpaired) electrons. The quantitative estimate of drug-likeness (QED) is 0.625. The molecule has 1 amide bonds. The highest BCUT2D eigenvalue weighted by Crippen LogP contribution is 2.31. The molecular formula is C21H16F2N2O5S. The van der Waals surface area contributed by atoms with Crippen molar-refractivity contribution in [1.82, 2.24) is 0 Å². The first-order chi connectivity index (χ1) is 14.8. The highest BCUT2D eigenvalue weighted by Gasteiger charge is 2.27. The molecule has 0 fully saturated rings. The maximum Gasteiger partial charge on any atom is 0.269 e. The minimum absolute atomic E-state index is 0.0506. The SMILES string of the molecule is O=C(Nc1ccc(NS(=O)(=O)c2ccc(F)c(F)c2)cc1)[C@@H]1COc2ccccc2O1. The van der Waals surface area contributed by atoms with Gasteiger partial charge in [-0.25, -0.2) is 17.2 Å². The zero-order chi connectivity index (χ0) is 22.0. The van der Waals surface area contributed by atoms with Gasteiger partial charge in [-0.15, -0.1) is 0 Å². The highest BCUT2D eigenvalue weighted by atomic mass is 32.2. The van der Waals surface area contributed by atoms with Gasteiger partial charge in [0.1, 0.15) is 6.61 Å². The van der Waals surface area contributed by atoms with Gasteiger partial charge in [-0.05, 0) is 54.6 Å². The van der Waals surface area contributed by atoms with Crippen LogP contribution in [0, 0.1) is 11.6 Å². The van der Waals surface area contributed by atoms with E-state index >= 15 is 0 Å². The first-order valence-electron chi connectivity index (χ1n) is 9.09. The first kappa shape index (κ1) is 20.6. The Morgan fingerprint density at radius 3 is 2.29 bits per heavy atom. The molecule has 0 aliphatic carbocycles. The summed E-state index contributed by atoms with van der Waals surface area (Å²) in [5, 5.41) is 2.67. The fourth-order valence-electron chi connectivity index (χ4n) is 2.85. The maximum atomic E-state index is 13.3. The molecule has 4 rings (SSSR count). The Labute approximate surface area is 176 Å².